The molecule has 0 N–H and O–H groups in total. The second-order valence-electron chi connectivity index (χ2n) is 9.07. The molecule has 0 amide bonds. The van der Waals surface area contributed by atoms with Crippen LogP contribution in [0, 0.1) is 11.8 Å². The highest BCUT2D eigenvalue weighted by Crippen LogP contribution is 2.35. The number of rotatable bonds is 2. The molecule has 1 fully saturated rings. The van der Waals surface area contributed by atoms with E-state index in [0.717, 1.165) is 27.8 Å². The van der Waals surface area contributed by atoms with Gasteiger partial charge in [-0.25, -0.2) is 4.52 Å². The lowest BCUT2D eigenvalue weighted by Crippen LogP contribution is -2.20. The van der Waals surface area contributed by atoms with Gasteiger partial charge in [-0.15, -0.1) is 0 Å². The zero-order chi connectivity index (χ0) is 20.3. The van der Waals surface area contributed by atoms with Crippen molar-refractivity contribution in [2.75, 3.05) is 0 Å². The summed E-state index contributed by atoms with van der Waals surface area (Å²) in [6, 6.07) is 8.32. The van der Waals surface area contributed by atoms with Crippen molar-refractivity contribution in [1.82, 2.24) is 14.2 Å². The number of aromatic nitrogens is 3. The Kier molecular flexibility index (Phi) is 4.27. The van der Waals surface area contributed by atoms with Crippen molar-refractivity contribution in [3.8, 4) is 0 Å². The van der Waals surface area contributed by atoms with E-state index in [0.29, 0.717) is 17.8 Å². The highest BCUT2D eigenvalue weighted by Gasteiger charge is 2.22. The van der Waals surface area contributed by atoms with Gasteiger partial charge in [0.2, 0.25) is 0 Å². The molecule has 0 radical (unpaired) electrons. The van der Waals surface area contributed by atoms with E-state index in [4.69, 9.17) is 5.10 Å². The van der Waals surface area contributed by atoms with Crippen molar-refractivity contribution in [2.45, 2.75) is 52.4 Å². The van der Waals surface area contributed by atoms with Gasteiger partial charge in [0.05, 0.1) is 16.6 Å². The van der Waals surface area contributed by atoms with Crippen LogP contribution in [-0.4, -0.2) is 14.2 Å². The summed E-state index contributed by atoms with van der Waals surface area (Å²) in [5.41, 5.74) is 6.77. The third kappa shape index (κ3) is 2.88. The molecule has 2 unspecified atom stereocenters. The quantitative estimate of drug-likeness (QED) is 0.586. The summed E-state index contributed by atoms with van der Waals surface area (Å²) in [6.07, 6.45) is 9.60. The third-order valence-electron chi connectivity index (χ3n) is 7.25. The maximum atomic E-state index is 13.0. The first-order chi connectivity index (χ1) is 13.9. The molecule has 5 rings (SSSR count). The van der Waals surface area contributed by atoms with Crippen LogP contribution in [0.1, 0.15) is 63.6 Å². The predicted octanol–water partition coefficient (Wildman–Crippen LogP) is 5.46. The van der Waals surface area contributed by atoms with Crippen LogP contribution >= 0.6 is 0 Å². The van der Waals surface area contributed by atoms with Gasteiger partial charge in [0.25, 0.3) is 5.56 Å². The minimum atomic E-state index is 0.0447. The first-order valence-electron chi connectivity index (χ1n) is 10.9. The number of fused-ring (bicyclic) bond motifs is 3. The van der Waals surface area contributed by atoms with E-state index in [2.05, 4.69) is 51.1 Å². The molecule has 0 bridgehead atoms. The fourth-order valence-corrected chi connectivity index (χ4v) is 5.02. The van der Waals surface area contributed by atoms with E-state index < -0.39 is 0 Å². The van der Waals surface area contributed by atoms with Gasteiger partial charge in [0.1, 0.15) is 5.65 Å². The molecule has 150 valence electrons. The SMILES string of the molecule is CC1=CC(c2ccc3c(=O)n(C)c4cc(C5CCCC5)nn4c3c2)=CC(C)C1C. The number of benzene rings is 1. The summed E-state index contributed by atoms with van der Waals surface area (Å²) in [5.74, 6) is 1.60. The van der Waals surface area contributed by atoms with Crippen LogP contribution in [0.3, 0.4) is 0 Å². The second kappa shape index (κ2) is 6.72. The molecule has 0 aliphatic heterocycles. The largest absolute Gasteiger partial charge is 0.296 e. The molecule has 3 aromatic rings. The maximum absolute atomic E-state index is 13.0. The fraction of sp³-hybridized carbons (Fsp3) is 0.440. The fourth-order valence-electron chi connectivity index (χ4n) is 5.02. The van der Waals surface area contributed by atoms with Gasteiger partial charge >= 0.3 is 0 Å². The number of aryl methyl sites for hydroxylation is 1. The van der Waals surface area contributed by atoms with E-state index in [9.17, 15) is 4.79 Å². The van der Waals surface area contributed by atoms with Crippen LogP contribution in [0.25, 0.3) is 22.1 Å². The van der Waals surface area contributed by atoms with Gasteiger partial charge in [-0.1, -0.05) is 50.5 Å². The number of nitrogens with zero attached hydrogens (tertiary/aromatic N) is 3. The Morgan fingerprint density at radius 2 is 1.86 bits per heavy atom. The summed E-state index contributed by atoms with van der Waals surface area (Å²) < 4.78 is 3.72. The highest BCUT2D eigenvalue weighted by molar-refractivity contribution is 5.87. The Hall–Kier alpha value is -2.62. The molecule has 2 aliphatic rings. The zero-order valence-electron chi connectivity index (χ0n) is 17.8. The van der Waals surface area contributed by atoms with E-state index in [1.807, 2.05) is 17.6 Å². The van der Waals surface area contributed by atoms with Crippen LogP contribution in [0.2, 0.25) is 0 Å². The Morgan fingerprint density at radius 3 is 2.59 bits per heavy atom. The van der Waals surface area contributed by atoms with Crippen molar-refractivity contribution in [3.63, 3.8) is 0 Å². The van der Waals surface area contributed by atoms with Gasteiger partial charge in [-0.05, 0) is 54.9 Å². The first-order valence-corrected chi connectivity index (χ1v) is 10.9. The number of allylic oxidation sites excluding steroid dienone is 4. The summed E-state index contributed by atoms with van der Waals surface area (Å²) in [6.45, 7) is 6.77. The van der Waals surface area contributed by atoms with E-state index in [1.54, 1.807) is 4.57 Å². The molecule has 2 aromatic heterocycles. The van der Waals surface area contributed by atoms with Crippen molar-refractivity contribution < 1.29 is 0 Å². The number of hydrogen-bond donors (Lipinski definition) is 0. The Labute approximate surface area is 171 Å². The summed E-state index contributed by atoms with van der Waals surface area (Å²) in [5, 5.41) is 5.70. The summed E-state index contributed by atoms with van der Waals surface area (Å²) in [4.78, 5) is 13.0. The molecule has 1 saturated carbocycles. The van der Waals surface area contributed by atoms with Gasteiger partial charge in [-0.2, -0.15) is 5.10 Å². The van der Waals surface area contributed by atoms with E-state index >= 15 is 0 Å². The molecule has 1 aromatic carbocycles. The Balaban J connectivity index is 1.72. The van der Waals surface area contributed by atoms with Crippen LogP contribution in [0.15, 0.2) is 46.8 Å². The molecule has 4 heteroatoms. The molecular weight excluding hydrogens is 358 g/mol. The highest BCUT2D eigenvalue weighted by atomic mass is 16.1. The summed E-state index contributed by atoms with van der Waals surface area (Å²) >= 11 is 0. The van der Waals surface area contributed by atoms with E-state index in [1.165, 1.54) is 36.8 Å². The standard InChI is InChI=1S/C25H29N3O/c1-15-11-20(12-16(2)17(15)3)19-9-10-21-23(13-19)28-24(27(4)25(21)29)14-22(26-28)18-7-5-6-8-18/h9-15,17-18H,5-8H2,1-4H3. The lowest BCUT2D eigenvalue weighted by molar-refractivity contribution is 0.525. The van der Waals surface area contributed by atoms with Crippen LogP contribution in [0.5, 0.6) is 0 Å². The molecular formula is C25H29N3O. The Bertz CT molecular complexity index is 1230. The number of hydrogen-bond acceptors (Lipinski definition) is 2. The monoisotopic (exact) mass is 387 g/mol. The molecule has 2 aliphatic carbocycles. The molecule has 29 heavy (non-hydrogen) atoms. The summed E-state index contributed by atoms with van der Waals surface area (Å²) in [7, 11) is 1.85. The van der Waals surface area contributed by atoms with E-state index in [-0.39, 0.29) is 5.56 Å². The second-order valence-corrected chi connectivity index (χ2v) is 9.07. The van der Waals surface area contributed by atoms with Gasteiger partial charge in [0, 0.05) is 19.0 Å². The lowest BCUT2D eigenvalue weighted by atomic mass is 9.81. The molecule has 2 atom stereocenters. The molecule has 0 spiro atoms. The molecule has 2 heterocycles. The average molecular weight is 388 g/mol. The normalized spacial score (nSPS) is 23.0. The van der Waals surface area contributed by atoms with Crippen molar-refractivity contribution in [3.05, 3.63) is 63.6 Å². The Morgan fingerprint density at radius 1 is 1.10 bits per heavy atom. The van der Waals surface area contributed by atoms with Crippen molar-refractivity contribution in [1.29, 1.82) is 0 Å². The van der Waals surface area contributed by atoms with Crippen LogP contribution in [0.4, 0.5) is 0 Å². The smallest absolute Gasteiger partial charge is 0.261 e. The average Bonchev–Trinajstić information content (AvgIpc) is 3.39. The minimum Gasteiger partial charge on any atom is -0.296 e. The van der Waals surface area contributed by atoms with Gasteiger partial charge < -0.3 is 0 Å². The predicted molar refractivity (Wildman–Crippen MR) is 119 cm³/mol. The third-order valence-corrected chi connectivity index (χ3v) is 7.25. The zero-order valence-corrected chi connectivity index (χ0v) is 17.8. The van der Waals surface area contributed by atoms with Crippen LogP contribution < -0.4 is 5.56 Å². The topological polar surface area (TPSA) is 39.3 Å². The van der Waals surface area contributed by atoms with Crippen molar-refractivity contribution >= 4 is 22.1 Å². The van der Waals surface area contributed by atoms with Gasteiger partial charge in [-0.3, -0.25) is 9.36 Å². The maximum Gasteiger partial charge on any atom is 0.261 e. The molecule has 4 nitrogen and oxygen atoms in total. The lowest BCUT2D eigenvalue weighted by Gasteiger charge is -2.24. The first kappa shape index (κ1) is 18.4. The van der Waals surface area contributed by atoms with Crippen LogP contribution in [-0.2, 0) is 7.05 Å². The van der Waals surface area contributed by atoms with Gasteiger partial charge in [0.15, 0.2) is 0 Å². The molecule has 0 saturated heterocycles. The van der Waals surface area contributed by atoms with Crippen molar-refractivity contribution in [2.24, 2.45) is 18.9 Å². The minimum absolute atomic E-state index is 0.0447.